The van der Waals surface area contributed by atoms with Gasteiger partial charge in [-0.15, -0.1) is 5.98 Å². The molecule has 0 aromatic heterocycles. The monoisotopic (exact) mass is 345 g/mol. The van der Waals surface area contributed by atoms with Crippen LogP contribution in [0.4, 0.5) is 0 Å². The van der Waals surface area contributed by atoms with E-state index in [0.29, 0.717) is 18.8 Å². The van der Waals surface area contributed by atoms with Crippen LogP contribution in [0.15, 0.2) is 11.5 Å². The van der Waals surface area contributed by atoms with E-state index < -0.39 is 29.5 Å². The van der Waals surface area contributed by atoms with E-state index in [-0.39, 0.29) is 17.3 Å². The molecule has 3 N–H and O–H groups in total. The van der Waals surface area contributed by atoms with Crippen LogP contribution in [-0.2, 0) is 4.79 Å². The number of Topliss-reactive ketones (excluding diaryl/α,β-unsaturated/α-hetero) is 1. The molecule has 3 aliphatic carbocycles. The van der Waals surface area contributed by atoms with Crippen LogP contribution in [0.5, 0.6) is 0 Å². The third kappa shape index (κ3) is 2.15. The van der Waals surface area contributed by atoms with E-state index in [2.05, 4.69) is 20.2 Å². The Balaban J connectivity index is 1.73. The summed E-state index contributed by atoms with van der Waals surface area (Å²) in [5.74, 6) is 2.60. The summed E-state index contributed by atoms with van der Waals surface area (Å²) in [5.41, 5.74) is -0.607. The Morgan fingerprint density at radius 1 is 1.32 bits per heavy atom. The van der Waals surface area contributed by atoms with Crippen molar-refractivity contribution >= 4 is 13.1 Å². The standard InChI is InChI=1S/C20H30BO4/c1-18-7-8-21-10-12(18)3-4-13-14-5-6-20(25,16(24)11-22)19(14,2)9-15(23)17(13)18/h10,13-15,17,22-23,25H,3-9,11H2,1-2H3. The number of hydrogen-bond donors (Lipinski definition) is 3. The molecule has 7 atom stereocenters. The van der Waals surface area contributed by atoms with Gasteiger partial charge < -0.3 is 15.3 Å². The smallest absolute Gasteiger partial charge is 0.190 e. The Kier molecular flexibility index (Phi) is 4.03. The molecule has 4 nitrogen and oxygen atoms in total. The predicted molar refractivity (Wildman–Crippen MR) is 96.1 cm³/mol. The third-order valence-electron chi connectivity index (χ3n) is 8.58. The van der Waals surface area contributed by atoms with Crippen LogP contribution in [0.2, 0.25) is 6.32 Å². The fourth-order valence-electron chi connectivity index (χ4n) is 7.28. The maximum Gasteiger partial charge on any atom is 0.190 e. The first kappa shape index (κ1) is 17.8. The van der Waals surface area contributed by atoms with Gasteiger partial charge in [0.2, 0.25) is 0 Å². The summed E-state index contributed by atoms with van der Waals surface area (Å²) in [7, 11) is 2.25. The van der Waals surface area contributed by atoms with Gasteiger partial charge in [0.1, 0.15) is 19.5 Å². The number of fused-ring (bicyclic) bond motifs is 5. The Hall–Kier alpha value is -0.645. The molecule has 0 spiro atoms. The zero-order valence-electron chi connectivity index (χ0n) is 15.4. The molecule has 0 bridgehead atoms. The highest BCUT2D eigenvalue weighted by Gasteiger charge is 2.67. The lowest BCUT2D eigenvalue weighted by Gasteiger charge is -2.60. The van der Waals surface area contributed by atoms with Crippen molar-refractivity contribution in [1.82, 2.24) is 0 Å². The Morgan fingerprint density at radius 3 is 2.80 bits per heavy atom. The van der Waals surface area contributed by atoms with Gasteiger partial charge >= 0.3 is 0 Å². The second-order valence-electron chi connectivity index (χ2n) is 9.39. The SMILES string of the molecule is CC12CC[B]C=C1CCC1C2C(O)CC2(C)C1CCC2(O)C(=O)CO. The Labute approximate surface area is 150 Å². The van der Waals surface area contributed by atoms with Gasteiger partial charge in [-0.3, -0.25) is 4.79 Å². The van der Waals surface area contributed by atoms with Crippen molar-refractivity contribution in [3.8, 4) is 0 Å². The van der Waals surface area contributed by atoms with Gasteiger partial charge in [-0.2, -0.15) is 0 Å². The van der Waals surface area contributed by atoms with Gasteiger partial charge in [-0.1, -0.05) is 32.2 Å². The highest BCUT2D eigenvalue weighted by atomic mass is 16.3. The quantitative estimate of drug-likeness (QED) is 0.668. The summed E-state index contributed by atoms with van der Waals surface area (Å²) in [6, 6.07) is 0. The van der Waals surface area contributed by atoms with E-state index in [1.54, 1.807) is 0 Å². The van der Waals surface area contributed by atoms with Crippen LogP contribution < -0.4 is 0 Å². The van der Waals surface area contributed by atoms with Crippen LogP contribution in [0.3, 0.4) is 0 Å². The van der Waals surface area contributed by atoms with Gasteiger partial charge in [-0.25, -0.2) is 0 Å². The van der Waals surface area contributed by atoms with E-state index in [1.165, 1.54) is 5.57 Å². The molecule has 7 unspecified atom stereocenters. The van der Waals surface area contributed by atoms with E-state index in [1.807, 2.05) is 6.92 Å². The van der Waals surface area contributed by atoms with Crippen molar-refractivity contribution < 1.29 is 20.1 Å². The number of rotatable bonds is 2. The molecule has 3 saturated carbocycles. The van der Waals surface area contributed by atoms with Crippen molar-refractivity contribution in [2.75, 3.05) is 6.61 Å². The van der Waals surface area contributed by atoms with Crippen molar-refractivity contribution in [1.29, 1.82) is 0 Å². The van der Waals surface area contributed by atoms with Crippen molar-refractivity contribution in [2.24, 2.45) is 28.6 Å². The number of allylic oxidation sites excluding steroid dienone is 1. The van der Waals surface area contributed by atoms with Gasteiger partial charge in [0, 0.05) is 5.41 Å². The summed E-state index contributed by atoms with van der Waals surface area (Å²) in [4.78, 5) is 12.4. The molecule has 4 rings (SSSR count). The van der Waals surface area contributed by atoms with E-state index in [0.717, 1.165) is 32.0 Å². The first-order valence-corrected chi connectivity index (χ1v) is 9.85. The lowest BCUT2D eigenvalue weighted by atomic mass is 9.43. The Morgan fingerprint density at radius 2 is 2.08 bits per heavy atom. The molecule has 137 valence electrons. The number of hydrogen-bond acceptors (Lipinski definition) is 4. The maximum absolute atomic E-state index is 12.4. The molecule has 0 aromatic carbocycles. The minimum atomic E-state index is -1.49. The lowest BCUT2D eigenvalue weighted by Crippen LogP contribution is -2.62. The molecular weight excluding hydrogens is 315 g/mol. The number of aliphatic hydroxyl groups is 3. The van der Waals surface area contributed by atoms with Crippen LogP contribution >= 0.6 is 0 Å². The van der Waals surface area contributed by atoms with Gasteiger partial charge in [-0.05, 0) is 55.3 Å². The molecule has 25 heavy (non-hydrogen) atoms. The topological polar surface area (TPSA) is 77.8 Å². The molecule has 1 aliphatic heterocycles. The van der Waals surface area contributed by atoms with Crippen molar-refractivity contribution in [3.63, 3.8) is 0 Å². The molecule has 5 heteroatoms. The highest BCUT2D eigenvalue weighted by Crippen LogP contribution is 2.67. The summed E-state index contributed by atoms with van der Waals surface area (Å²) in [5, 5.41) is 31.7. The molecule has 0 aromatic rings. The fourth-order valence-corrected chi connectivity index (χ4v) is 7.28. The highest BCUT2D eigenvalue weighted by molar-refractivity contribution is 6.42. The first-order valence-electron chi connectivity index (χ1n) is 9.85. The zero-order chi connectivity index (χ0) is 18.0. The molecule has 1 radical (unpaired) electrons. The van der Waals surface area contributed by atoms with Gasteiger partial charge in [0.15, 0.2) is 5.78 Å². The lowest BCUT2D eigenvalue weighted by molar-refractivity contribution is -0.181. The Bertz CT molecular complexity index is 619. The zero-order valence-corrected chi connectivity index (χ0v) is 15.4. The van der Waals surface area contributed by atoms with Crippen LogP contribution in [-0.4, -0.2) is 46.7 Å². The molecule has 1 heterocycles. The van der Waals surface area contributed by atoms with E-state index in [9.17, 15) is 20.1 Å². The summed E-state index contributed by atoms with van der Waals surface area (Å²) in [6.07, 6.45) is 5.40. The first-order chi connectivity index (χ1) is 11.8. The molecule has 0 amide bonds. The number of ketones is 1. The van der Waals surface area contributed by atoms with Crippen LogP contribution in [0, 0.1) is 28.6 Å². The average Bonchev–Trinajstić information content (AvgIpc) is 2.85. The number of aliphatic hydroxyl groups excluding tert-OH is 2. The molecule has 4 aliphatic rings. The van der Waals surface area contributed by atoms with Gasteiger partial charge in [0.05, 0.1) is 6.10 Å². The number of carbonyl (C=O) groups is 1. The minimum Gasteiger partial charge on any atom is -0.393 e. The maximum atomic E-state index is 12.4. The van der Waals surface area contributed by atoms with E-state index in [4.69, 9.17) is 0 Å². The van der Waals surface area contributed by atoms with Crippen LogP contribution in [0.25, 0.3) is 0 Å². The third-order valence-corrected chi connectivity index (χ3v) is 8.58. The van der Waals surface area contributed by atoms with E-state index >= 15 is 0 Å². The minimum absolute atomic E-state index is 0.0418. The van der Waals surface area contributed by atoms with Crippen LogP contribution in [0.1, 0.15) is 52.4 Å². The summed E-state index contributed by atoms with van der Waals surface area (Å²) < 4.78 is 0. The molecule has 0 saturated heterocycles. The number of carbonyl (C=O) groups excluding carboxylic acids is 1. The van der Waals surface area contributed by atoms with Crippen molar-refractivity contribution in [3.05, 3.63) is 11.5 Å². The van der Waals surface area contributed by atoms with Gasteiger partial charge in [0.25, 0.3) is 0 Å². The normalized spacial score (nSPS) is 51.6. The fraction of sp³-hybridized carbons (Fsp3) is 0.850. The largest absolute Gasteiger partial charge is 0.393 e. The molecular formula is C20H30BO4. The van der Waals surface area contributed by atoms with Crippen molar-refractivity contribution in [2.45, 2.75) is 70.4 Å². The average molecular weight is 345 g/mol. The predicted octanol–water partition coefficient (Wildman–Crippen LogP) is 1.90. The molecule has 3 fully saturated rings. The second-order valence-corrected chi connectivity index (χ2v) is 9.39. The summed E-state index contributed by atoms with van der Waals surface area (Å²) >= 11 is 0. The second kappa shape index (κ2) is 5.67. The summed E-state index contributed by atoms with van der Waals surface area (Å²) in [6.45, 7) is 3.66.